The molecule has 3 heteroatoms. The first-order valence-corrected chi connectivity index (χ1v) is 6.19. The largest absolute Gasteiger partial charge is 0.362 e. The maximum Gasteiger partial charge on any atom is 0.170 e. The Morgan fingerprint density at radius 3 is 2.56 bits per heavy atom. The minimum atomic E-state index is 0.461. The van der Waals surface area contributed by atoms with Gasteiger partial charge in [0.2, 0.25) is 0 Å². The smallest absolute Gasteiger partial charge is 0.170 e. The van der Waals surface area contributed by atoms with Gasteiger partial charge in [-0.25, -0.2) is 0 Å². The maximum absolute atomic E-state index is 5.25. The van der Waals surface area contributed by atoms with Gasteiger partial charge in [-0.05, 0) is 42.6 Å². The third kappa shape index (κ3) is 2.95. The molecule has 1 aliphatic rings. The monoisotopic (exact) mass is 234 g/mol. The minimum absolute atomic E-state index is 0.461. The summed E-state index contributed by atoms with van der Waals surface area (Å²) in [5.41, 5.74) is 1.50. The predicted molar refractivity (Wildman–Crippen MR) is 72.6 cm³/mol. The van der Waals surface area contributed by atoms with Gasteiger partial charge in [-0.3, -0.25) is 0 Å². The van der Waals surface area contributed by atoms with Gasteiger partial charge in [0.15, 0.2) is 5.11 Å². The molecule has 16 heavy (non-hydrogen) atoms. The van der Waals surface area contributed by atoms with Crippen molar-refractivity contribution in [2.24, 2.45) is 5.41 Å². The molecule has 86 valence electrons. The number of rotatable bonds is 3. The second-order valence-corrected chi connectivity index (χ2v) is 5.25. The normalized spacial score (nSPS) is 17.3. The third-order valence-electron chi connectivity index (χ3n) is 3.27. The molecule has 0 amide bonds. The lowest BCUT2D eigenvalue weighted by Crippen LogP contribution is -2.41. The number of benzene rings is 1. The summed E-state index contributed by atoms with van der Waals surface area (Å²) in [5, 5.41) is 7.20. The number of anilines is 1. The molecule has 0 radical (unpaired) electrons. The Morgan fingerprint density at radius 2 is 2.00 bits per heavy atom. The molecular weight excluding hydrogens is 216 g/mol. The second-order valence-electron chi connectivity index (χ2n) is 4.84. The van der Waals surface area contributed by atoms with E-state index in [1.165, 1.54) is 19.3 Å². The van der Waals surface area contributed by atoms with Crippen LogP contribution in [-0.4, -0.2) is 11.7 Å². The zero-order chi connectivity index (χ0) is 11.4. The molecular formula is C13H18N2S. The number of nitrogens with one attached hydrogen (secondary N) is 2. The molecule has 1 fully saturated rings. The van der Waals surface area contributed by atoms with Crippen LogP contribution in [0.15, 0.2) is 30.3 Å². The molecule has 0 bridgehead atoms. The van der Waals surface area contributed by atoms with Crippen LogP contribution in [0, 0.1) is 5.41 Å². The zero-order valence-electron chi connectivity index (χ0n) is 9.62. The molecule has 1 aromatic carbocycles. The standard InChI is InChI=1S/C13H18N2S/c1-13(8-5-9-13)10-14-12(16)15-11-6-3-2-4-7-11/h2-4,6-7H,5,8-10H2,1H3,(H2,14,15,16). The van der Waals surface area contributed by atoms with Crippen LogP contribution in [0.3, 0.4) is 0 Å². The van der Waals surface area contributed by atoms with Crippen molar-refractivity contribution in [3.8, 4) is 0 Å². The molecule has 1 saturated carbocycles. The summed E-state index contributed by atoms with van der Waals surface area (Å²) in [5.74, 6) is 0. The molecule has 0 aromatic heterocycles. The molecule has 0 heterocycles. The molecule has 2 rings (SSSR count). The highest BCUT2D eigenvalue weighted by molar-refractivity contribution is 7.80. The molecule has 2 N–H and O–H groups in total. The van der Waals surface area contributed by atoms with E-state index in [0.29, 0.717) is 5.41 Å². The Hall–Kier alpha value is -1.09. The SMILES string of the molecule is CC1(CNC(=S)Nc2ccccc2)CCC1. The van der Waals surface area contributed by atoms with Gasteiger partial charge in [0.25, 0.3) is 0 Å². The first-order valence-electron chi connectivity index (χ1n) is 5.78. The van der Waals surface area contributed by atoms with Crippen LogP contribution in [0.2, 0.25) is 0 Å². The van der Waals surface area contributed by atoms with E-state index in [9.17, 15) is 0 Å². The van der Waals surface area contributed by atoms with Gasteiger partial charge in [0.1, 0.15) is 0 Å². The van der Waals surface area contributed by atoms with Crippen LogP contribution in [0.5, 0.6) is 0 Å². The molecule has 1 aliphatic carbocycles. The molecule has 0 unspecified atom stereocenters. The van der Waals surface area contributed by atoms with E-state index in [0.717, 1.165) is 17.3 Å². The molecule has 0 spiro atoms. The van der Waals surface area contributed by atoms with Crippen molar-refractivity contribution in [2.45, 2.75) is 26.2 Å². The van der Waals surface area contributed by atoms with E-state index >= 15 is 0 Å². The van der Waals surface area contributed by atoms with Crippen LogP contribution in [0.25, 0.3) is 0 Å². The van der Waals surface area contributed by atoms with Crippen molar-refractivity contribution >= 4 is 23.0 Å². The summed E-state index contributed by atoms with van der Waals surface area (Å²) in [6.07, 6.45) is 3.99. The lowest BCUT2D eigenvalue weighted by Gasteiger charge is -2.38. The average molecular weight is 234 g/mol. The summed E-state index contributed by atoms with van der Waals surface area (Å²) < 4.78 is 0. The molecule has 1 aromatic rings. The lowest BCUT2D eigenvalue weighted by molar-refractivity contribution is 0.166. The third-order valence-corrected chi connectivity index (χ3v) is 3.51. The zero-order valence-corrected chi connectivity index (χ0v) is 10.4. The number of thiocarbonyl (C=S) groups is 1. The van der Waals surface area contributed by atoms with Crippen LogP contribution in [-0.2, 0) is 0 Å². The van der Waals surface area contributed by atoms with Crippen LogP contribution in [0.4, 0.5) is 5.69 Å². The quantitative estimate of drug-likeness (QED) is 0.786. The first-order chi connectivity index (χ1) is 7.68. The molecule has 0 atom stereocenters. The fourth-order valence-electron chi connectivity index (χ4n) is 1.95. The minimum Gasteiger partial charge on any atom is -0.362 e. The predicted octanol–water partition coefficient (Wildman–Crippen LogP) is 3.16. The number of hydrogen-bond donors (Lipinski definition) is 2. The highest BCUT2D eigenvalue weighted by Crippen LogP contribution is 2.39. The Kier molecular flexibility index (Phi) is 3.44. The second kappa shape index (κ2) is 4.83. The Labute approximate surface area is 102 Å². The van der Waals surface area contributed by atoms with Gasteiger partial charge in [-0.2, -0.15) is 0 Å². The average Bonchev–Trinajstić information content (AvgIpc) is 2.25. The summed E-state index contributed by atoms with van der Waals surface area (Å²) in [4.78, 5) is 0. The Morgan fingerprint density at radius 1 is 1.31 bits per heavy atom. The highest BCUT2D eigenvalue weighted by Gasteiger charge is 2.31. The fourth-order valence-corrected chi connectivity index (χ4v) is 2.14. The van der Waals surface area contributed by atoms with E-state index in [1.54, 1.807) is 0 Å². The van der Waals surface area contributed by atoms with Gasteiger partial charge < -0.3 is 10.6 Å². The Balaban J connectivity index is 1.76. The number of hydrogen-bond acceptors (Lipinski definition) is 1. The summed E-state index contributed by atoms with van der Waals surface area (Å²) in [6.45, 7) is 3.29. The fraction of sp³-hybridized carbons (Fsp3) is 0.462. The summed E-state index contributed by atoms with van der Waals surface area (Å²) in [6, 6.07) is 10.0. The van der Waals surface area contributed by atoms with E-state index in [-0.39, 0.29) is 0 Å². The topological polar surface area (TPSA) is 24.1 Å². The van der Waals surface area contributed by atoms with E-state index in [4.69, 9.17) is 12.2 Å². The summed E-state index contributed by atoms with van der Waals surface area (Å²) >= 11 is 5.25. The summed E-state index contributed by atoms with van der Waals surface area (Å²) in [7, 11) is 0. The molecule has 2 nitrogen and oxygen atoms in total. The van der Waals surface area contributed by atoms with Crippen LogP contribution >= 0.6 is 12.2 Å². The van der Waals surface area contributed by atoms with Crippen LogP contribution in [0.1, 0.15) is 26.2 Å². The van der Waals surface area contributed by atoms with Crippen molar-refractivity contribution in [3.63, 3.8) is 0 Å². The van der Waals surface area contributed by atoms with Gasteiger partial charge in [-0.15, -0.1) is 0 Å². The van der Waals surface area contributed by atoms with Crippen molar-refractivity contribution < 1.29 is 0 Å². The first kappa shape index (κ1) is 11.4. The molecule has 0 saturated heterocycles. The van der Waals surface area contributed by atoms with E-state index in [2.05, 4.69) is 17.6 Å². The van der Waals surface area contributed by atoms with Crippen molar-refractivity contribution in [1.82, 2.24) is 5.32 Å². The van der Waals surface area contributed by atoms with E-state index in [1.807, 2.05) is 30.3 Å². The van der Waals surface area contributed by atoms with Crippen molar-refractivity contribution in [1.29, 1.82) is 0 Å². The Bertz CT molecular complexity index is 357. The van der Waals surface area contributed by atoms with Gasteiger partial charge in [0.05, 0.1) is 0 Å². The molecule has 0 aliphatic heterocycles. The van der Waals surface area contributed by atoms with E-state index < -0.39 is 0 Å². The van der Waals surface area contributed by atoms with Gasteiger partial charge in [-0.1, -0.05) is 31.5 Å². The van der Waals surface area contributed by atoms with Crippen molar-refractivity contribution in [2.75, 3.05) is 11.9 Å². The maximum atomic E-state index is 5.25. The van der Waals surface area contributed by atoms with Gasteiger partial charge in [0, 0.05) is 12.2 Å². The van der Waals surface area contributed by atoms with Gasteiger partial charge >= 0.3 is 0 Å². The number of para-hydroxylation sites is 1. The van der Waals surface area contributed by atoms with Crippen molar-refractivity contribution in [3.05, 3.63) is 30.3 Å². The van der Waals surface area contributed by atoms with Crippen LogP contribution < -0.4 is 10.6 Å². The highest BCUT2D eigenvalue weighted by atomic mass is 32.1. The lowest BCUT2D eigenvalue weighted by atomic mass is 9.70.